The van der Waals surface area contributed by atoms with Gasteiger partial charge in [0, 0.05) is 30.2 Å². The molecule has 0 spiro atoms. The molecule has 1 heterocycles. The normalized spacial score (nSPS) is 11.6. The highest BCUT2D eigenvalue weighted by molar-refractivity contribution is 5.83. The van der Waals surface area contributed by atoms with Crippen molar-refractivity contribution in [3.8, 4) is 0 Å². The lowest BCUT2D eigenvalue weighted by atomic mass is 10.1. The fourth-order valence-corrected chi connectivity index (χ4v) is 2.76. The highest BCUT2D eigenvalue weighted by Crippen LogP contribution is 2.18. The number of aromatic nitrogens is 1. The summed E-state index contributed by atoms with van der Waals surface area (Å²) in [4.78, 5) is 13.6. The van der Waals surface area contributed by atoms with Crippen molar-refractivity contribution in [3.63, 3.8) is 0 Å². The Labute approximate surface area is 141 Å². The van der Waals surface area contributed by atoms with Gasteiger partial charge in [0.15, 0.2) is 0 Å². The van der Waals surface area contributed by atoms with E-state index in [1.807, 2.05) is 42.6 Å². The van der Waals surface area contributed by atoms with E-state index in [4.69, 9.17) is 0 Å². The molecule has 3 aromatic rings. The minimum absolute atomic E-state index is 0.472. The van der Waals surface area contributed by atoms with Crippen LogP contribution in [0.3, 0.4) is 0 Å². The standard InChI is InChI=1S/C20H20N2O2/c23-13-3-4-16-7-9-17(10-8-16)15-22(24)12-11-18-14-21-20-6-2-1-5-19(18)20/h1-10,13-14,21,24H,11-12,15H2/b4-3+. The van der Waals surface area contributed by atoms with Crippen molar-refractivity contribution >= 4 is 23.3 Å². The first-order chi connectivity index (χ1) is 11.8. The number of para-hydroxylation sites is 1. The van der Waals surface area contributed by atoms with Crippen molar-refractivity contribution in [3.05, 3.63) is 77.5 Å². The number of benzene rings is 2. The fraction of sp³-hybridized carbons (Fsp3) is 0.150. The van der Waals surface area contributed by atoms with Crippen LogP contribution in [0.1, 0.15) is 16.7 Å². The molecule has 0 fully saturated rings. The number of H-pyrrole nitrogens is 1. The summed E-state index contributed by atoms with van der Waals surface area (Å²) in [6.07, 6.45) is 6.76. The van der Waals surface area contributed by atoms with Gasteiger partial charge in [-0.2, -0.15) is 5.06 Å². The van der Waals surface area contributed by atoms with Crippen LogP contribution in [0.4, 0.5) is 0 Å². The number of nitrogens with zero attached hydrogens (tertiary/aromatic N) is 1. The number of nitrogens with one attached hydrogen (secondary N) is 1. The van der Waals surface area contributed by atoms with E-state index in [1.54, 1.807) is 6.08 Å². The van der Waals surface area contributed by atoms with Crippen LogP contribution in [0.2, 0.25) is 0 Å². The molecule has 0 bridgehead atoms. The third-order valence-electron chi connectivity index (χ3n) is 4.03. The highest BCUT2D eigenvalue weighted by atomic mass is 16.5. The van der Waals surface area contributed by atoms with Crippen molar-refractivity contribution in [2.75, 3.05) is 6.54 Å². The molecule has 0 radical (unpaired) electrons. The van der Waals surface area contributed by atoms with Crippen molar-refractivity contribution in [2.24, 2.45) is 0 Å². The van der Waals surface area contributed by atoms with Gasteiger partial charge in [-0.15, -0.1) is 0 Å². The Balaban J connectivity index is 1.56. The van der Waals surface area contributed by atoms with Gasteiger partial charge in [-0.05, 0) is 35.3 Å². The first kappa shape index (κ1) is 16.2. The van der Waals surface area contributed by atoms with Crippen molar-refractivity contribution < 1.29 is 10.0 Å². The summed E-state index contributed by atoms with van der Waals surface area (Å²) in [6.45, 7) is 1.04. The SMILES string of the molecule is O=C/C=C/c1ccc(CN(O)CCc2c[nH]c3ccccc23)cc1. The molecule has 2 N–H and O–H groups in total. The third kappa shape index (κ3) is 3.98. The number of hydroxylamine groups is 2. The quantitative estimate of drug-likeness (QED) is 0.395. The first-order valence-electron chi connectivity index (χ1n) is 7.96. The molecule has 4 heteroatoms. The summed E-state index contributed by atoms with van der Waals surface area (Å²) < 4.78 is 0. The zero-order valence-corrected chi connectivity index (χ0v) is 13.4. The molecule has 122 valence electrons. The van der Waals surface area contributed by atoms with Crippen LogP contribution < -0.4 is 0 Å². The van der Waals surface area contributed by atoms with Gasteiger partial charge < -0.3 is 10.2 Å². The number of carbonyl (C=O) groups excluding carboxylic acids is 1. The zero-order valence-electron chi connectivity index (χ0n) is 13.4. The van der Waals surface area contributed by atoms with Crippen LogP contribution in [0, 0.1) is 0 Å². The maximum atomic E-state index is 10.3. The molecule has 0 saturated heterocycles. The predicted octanol–water partition coefficient (Wildman–Crippen LogP) is 3.81. The van der Waals surface area contributed by atoms with Crippen molar-refractivity contribution in [1.82, 2.24) is 10.0 Å². The highest BCUT2D eigenvalue weighted by Gasteiger charge is 2.06. The van der Waals surface area contributed by atoms with Crippen LogP contribution >= 0.6 is 0 Å². The van der Waals surface area contributed by atoms with E-state index in [-0.39, 0.29) is 0 Å². The van der Waals surface area contributed by atoms with E-state index in [0.717, 1.165) is 29.4 Å². The molecule has 0 aliphatic carbocycles. The zero-order chi connectivity index (χ0) is 16.8. The Bertz CT molecular complexity index is 834. The second kappa shape index (κ2) is 7.73. The summed E-state index contributed by atoms with van der Waals surface area (Å²) in [6, 6.07) is 16.0. The molecule has 0 atom stereocenters. The lowest BCUT2D eigenvalue weighted by Crippen LogP contribution is -2.21. The van der Waals surface area contributed by atoms with Crippen molar-refractivity contribution in [2.45, 2.75) is 13.0 Å². The van der Waals surface area contributed by atoms with Gasteiger partial charge in [-0.25, -0.2) is 0 Å². The molecule has 0 aliphatic heterocycles. The molecule has 0 amide bonds. The van der Waals surface area contributed by atoms with Crippen LogP contribution in [-0.4, -0.2) is 28.1 Å². The van der Waals surface area contributed by atoms with E-state index in [2.05, 4.69) is 17.1 Å². The lowest BCUT2D eigenvalue weighted by molar-refractivity contribution is -0.104. The predicted molar refractivity (Wildman–Crippen MR) is 95.7 cm³/mol. The summed E-state index contributed by atoms with van der Waals surface area (Å²) >= 11 is 0. The maximum absolute atomic E-state index is 10.3. The Morgan fingerprint density at radius 2 is 1.88 bits per heavy atom. The molecular formula is C20H20N2O2. The second-order valence-electron chi connectivity index (χ2n) is 5.73. The number of hydrogen-bond acceptors (Lipinski definition) is 3. The van der Waals surface area contributed by atoms with Gasteiger partial charge in [0.2, 0.25) is 0 Å². The molecule has 0 saturated carbocycles. The summed E-state index contributed by atoms with van der Waals surface area (Å²) in [7, 11) is 0. The van der Waals surface area contributed by atoms with E-state index in [1.165, 1.54) is 22.1 Å². The van der Waals surface area contributed by atoms with E-state index in [9.17, 15) is 10.0 Å². The van der Waals surface area contributed by atoms with Crippen LogP contribution in [-0.2, 0) is 17.8 Å². The molecule has 2 aromatic carbocycles. The summed E-state index contributed by atoms with van der Waals surface area (Å²) in [5.74, 6) is 0. The molecule has 1 aromatic heterocycles. The number of rotatable bonds is 7. The monoisotopic (exact) mass is 320 g/mol. The Hall–Kier alpha value is -2.69. The molecule has 0 unspecified atom stereocenters. The summed E-state index contributed by atoms with van der Waals surface area (Å²) in [5.41, 5.74) is 4.32. The van der Waals surface area contributed by atoms with Gasteiger partial charge in [0.1, 0.15) is 6.29 Å². The van der Waals surface area contributed by atoms with Crippen LogP contribution in [0.15, 0.2) is 60.8 Å². The van der Waals surface area contributed by atoms with Gasteiger partial charge in [0.05, 0.1) is 0 Å². The fourth-order valence-electron chi connectivity index (χ4n) is 2.76. The second-order valence-corrected chi connectivity index (χ2v) is 5.73. The Morgan fingerprint density at radius 3 is 2.67 bits per heavy atom. The van der Waals surface area contributed by atoms with Crippen LogP contribution in [0.5, 0.6) is 0 Å². The van der Waals surface area contributed by atoms with E-state index in [0.29, 0.717) is 13.1 Å². The topological polar surface area (TPSA) is 56.3 Å². The third-order valence-corrected chi connectivity index (χ3v) is 4.03. The van der Waals surface area contributed by atoms with E-state index >= 15 is 0 Å². The van der Waals surface area contributed by atoms with Crippen LogP contribution in [0.25, 0.3) is 17.0 Å². The van der Waals surface area contributed by atoms with Gasteiger partial charge >= 0.3 is 0 Å². The number of aromatic amines is 1. The number of hydrogen-bond donors (Lipinski definition) is 2. The van der Waals surface area contributed by atoms with Crippen molar-refractivity contribution in [1.29, 1.82) is 0 Å². The lowest BCUT2D eigenvalue weighted by Gasteiger charge is -2.14. The average molecular weight is 320 g/mol. The molecular weight excluding hydrogens is 300 g/mol. The molecule has 24 heavy (non-hydrogen) atoms. The Kier molecular flexibility index (Phi) is 5.21. The number of fused-ring (bicyclic) bond motifs is 1. The van der Waals surface area contributed by atoms with Gasteiger partial charge in [-0.3, -0.25) is 4.79 Å². The summed E-state index contributed by atoms with van der Waals surface area (Å²) in [5, 5.41) is 12.7. The average Bonchev–Trinajstić information content (AvgIpc) is 3.03. The smallest absolute Gasteiger partial charge is 0.142 e. The minimum Gasteiger partial charge on any atom is -0.361 e. The number of carbonyl (C=O) groups is 1. The molecule has 3 rings (SSSR count). The number of aldehydes is 1. The minimum atomic E-state index is 0.472. The van der Waals surface area contributed by atoms with E-state index < -0.39 is 0 Å². The van der Waals surface area contributed by atoms with Gasteiger partial charge in [-0.1, -0.05) is 48.5 Å². The maximum Gasteiger partial charge on any atom is 0.142 e. The Morgan fingerprint density at radius 1 is 1.08 bits per heavy atom. The largest absolute Gasteiger partial charge is 0.361 e. The first-order valence-corrected chi connectivity index (χ1v) is 7.96. The number of allylic oxidation sites excluding steroid dienone is 1. The molecule has 0 aliphatic rings. The molecule has 4 nitrogen and oxygen atoms in total. The van der Waals surface area contributed by atoms with Gasteiger partial charge in [0.25, 0.3) is 0 Å².